The van der Waals surface area contributed by atoms with Gasteiger partial charge >= 0.3 is 0 Å². The van der Waals surface area contributed by atoms with Crippen LogP contribution in [0.1, 0.15) is 38.6 Å². The van der Waals surface area contributed by atoms with Crippen molar-refractivity contribution in [2.24, 2.45) is 0 Å². The average Bonchev–Trinajstić information content (AvgIpc) is 3.49. The molecule has 0 spiro atoms. The molecule has 1 aliphatic heterocycles. The van der Waals surface area contributed by atoms with Crippen molar-refractivity contribution >= 4 is 65.3 Å². The van der Waals surface area contributed by atoms with Crippen LogP contribution < -0.4 is 18.9 Å². The number of fused-ring (bicyclic) bond motifs is 2. The van der Waals surface area contributed by atoms with Crippen molar-refractivity contribution in [3.05, 3.63) is 46.4 Å². The van der Waals surface area contributed by atoms with Gasteiger partial charge in [-0.2, -0.15) is 4.57 Å². The average molecular weight is 687 g/mol. The number of anilines is 1. The van der Waals surface area contributed by atoms with Gasteiger partial charge in [-0.3, -0.25) is 0 Å². The molecule has 0 N–H and O–H groups in total. The molecular formula is C29H40N3O8S4-. The van der Waals surface area contributed by atoms with Crippen LogP contribution in [0.2, 0.25) is 0 Å². The van der Waals surface area contributed by atoms with E-state index in [1.165, 1.54) is 42.7 Å². The van der Waals surface area contributed by atoms with Gasteiger partial charge in [0.15, 0.2) is 6.54 Å². The van der Waals surface area contributed by atoms with Gasteiger partial charge in [0.2, 0.25) is 5.52 Å². The fourth-order valence-electron chi connectivity index (χ4n) is 4.67. The Morgan fingerprint density at radius 2 is 1.48 bits per heavy atom. The molecule has 4 rings (SSSR count). The molecule has 3 aromatic rings. The van der Waals surface area contributed by atoms with E-state index < -0.39 is 31.7 Å². The van der Waals surface area contributed by atoms with Crippen LogP contribution in [0, 0.1) is 0 Å². The van der Waals surface area contributed by atoms with Crippen LogP contribution in [0.25, 0.3) is 16.3 Å². The molecular weight excluding hydrogens is 647 g/mol. The maximum absolute atomic E-state index is 11.2. The summed E-state index contributed by atoms with van der Waals surface area (Å²) in [6, 6.07) is 11.2. The van der Waals surface area contributed by atoms with Crippen molar-refractivity contribution in [1.82, 2.24) is 4.90 Å². The fraction of sp³-hybridized carbons (Fsp3) is 0.483. The van der Waals surface area contributed by atoms with Gasteiger partial charge in [-0.15, -0.1) is 0 Å². The molecule has 0 amide bonds. The molecule has 1 aliphatic rings. The molecule has 15 heteroatoms. The van der Waals surface area contributed by atoms with Crippen molar-refractivity contribution in [1.29, 1.82) is 0 Å². The standard InChI is InChI=1S/C23H26N2O8S4.C6H15N/c1-32-16-5-7-20-18(13-16)24(9-3-11-36(26,27)28)22(34-20)15-23-25(10-4-12-37(29,30)31)19-14-17(33-2)6-8-21(19)35-23;1-4-7(5-2)6-3/h5-8,13-15H,3-4,9-12H2,1-2H3,(H-,26,27,28,29,30,31);4-6H2,1-3H3/p-1. The van der Waals surface area contributed by atoms with Crippen molar-refractivity contribution in [3.8, 4) is 11.5 Å². The number of thioether (sulfide) groups is 1. The molecule has 0 saturated heterocycles. The number of hydrogen-bond donors (Lipinski definition) is 0. The van der Waals surface area contributed by atoms with Gasteiger partial charge in [-0.1, -0.05) is 43.9 Å². The first-order chi connectivity index (χ1) is 20.8. The van der Waals surface area contributed by atoms with E-state index in [-0.39, 0.29) is 12.8 Å². The number of hydrogen-bond acceptors (Lipinski definition) is 12. The number of thiazole rings is 1. The predicted octanol–water partition coefficient (Wildman–Crippen LogP) is 4.34. The van der Waals surface area contributed by atoms with Crippen LogP contribution in [0.15, 0.2) is 46.3 Å². The summed E-state index contributed by atoms with van der Waals surface area (Å²) in [5, 5.41) is 1.63. The van der Waals surface area contributed by atoms with E-state index in [1.54, 1.807) is 14.2 Å². The number of ether oxygens (including phenoxy) is 2. The van der Waals surface area contributed by atoms with Crippen LogP contribution in [0.3, 0.4) is 0 Å². The molecule has 0 aliphatic carbocycles. The normalized spacial score (nSPS) is 14.2. The van der Waals surface area contributed by atoms with E-state index in [1.807, 2.05) is 51.9 Å². The fourth-order valence-corrected chi connectivity index (χ4v) is 7.92. The second-order valence-electron chi connectivity index (χ2n) is 9.85. The third-order valence-electron chi connectivity index (χ3n) is 7.02. The lowest BCUT2D eigenvalue weighted by atomic mass is 10.2. The first-order valence-corrected chi connectivity index (χ1v) is 19.1. The first-order valence-electron chi connectivity index (χ1n) is 14.3. The van der Waals surface area contributed by atoms with Crippen LogP contribution in [0.5, 0.6) is 11.5 Å². The summed E-state index contributed by atoms with van der Waals surface area (Å²) < 4.78 is 80.8. The molecule has 44 heavy (non-hydrogen) atoms. The van der Waals surface area contributed by atoms with Gasteiger partial charge in [-0.05, 0) is 50.3 Å². The Morgan fingerprint density at radius 3 is 2.05 bits per heavy atom. The van der Waals surface area contributed by atoms with Crippen molar-refractivity contribution in [2.75, 3.05) is 56.8 Å². The van der Waals surface area contributed by atoms with E-state index in [0.717, 1.165) is 30.8 Å². The minimum atomic E-state index is -4.35. The van der Waals surface area contributed by atoms with Crippen molar-refractivity contribution in [3.63, 3.8) is 0 Å². The summed E-state index contributed by atoms with van der Waals surface area (Å²) >= 11 is 2.99. The zero-order valence-corrected chi connectivity index (χ0v) is 28.9. The zero-order valence-electron chi connectivity index (χ0n) is 25.6. The van der Waals surface area contributed by atoms with Crippen LogP contribution in [-0.4, -0.2) is 82.7 Å². The lowest BCUT2D eigenvalue weighted by Gasteiger charge is -2.21. The third kappa shape index (κ3) is 10.3. The Hall–Kier alpha value is -2.40. The number of methoxy groups -OCH3 is 2. The largest absolute Gasteiger partial charge is 0.748 e. The van der Waals surface area contributed by atoms with Gasteiger partial charge in [0.1, 0.15) is 16.2 Å². The van der Waals surface area contributed by atoms with Gasteiger partial charge in [0, 0.05) is 35.4 Å². The number of aryl methyl sites for hydroxylation is 1. The maximum Gasteiger partial charge on any atom is 0.265 e. The topological polar surface area (TPSA) is 143 Å². The number of benzene rings is 2. The molecule has 0 fully saturated rings. The SMILES string of the molecule is CCN(CC)CC.COc1ccc2c(c1)N(CCCS(=O)(=O)[O-])/C(=C\c1sc3ccc(OC)cc3[n+]1CCCS(=O)(=O)[O-])S2. The highest BCUT2D eigenvalue weighted by Crippen LogP contribution is 2.48. The number of rotatable bonds is 14. The second kappa shape index (κ2) is 16.2. The van der Waals surface area contributed by atoms with Crippen molar-refractivity contribution < 1.29 is 40.0 Å². The minimum absolute atomic E-state index is 0.144. The van der Waals surface area contributed by atoms with E-state index >= 15 is 0 Å². The smallest absolute Gasteiger partial charge is 0.265 e. The Kier molecular flexibility index (Phi) is 13.3. The Labute approximate surface area is 269 Å². The Balaban J connectivity index is 0.000000676. The molecule has 244 valence electrons. The summed E-state index contributed by atoms with van der Waals surface area (Å²) in [6.07, 6.45) is 2.24. The number of aromatic nitrogens is 1. The second-order valence-corrected chi connectivity index (χ2v) is 15.0. The molecule has 2 heterocycles. The highest BCUT2D eigenvalue weighted by molar-refractivity contribution is 8.04. The number of nitrogens with zero attached hydrogens (tertiary/aromatic N) is 3. The zero-order chi connectivity index (χ0) is 32.5. The first kappa shape index (κ1) is 36.1. The van der Waals surface area contributed by atoms with Gasteiger partial charge in [0.25, 0.3) is 5.01 Å². The maximum atomic E-state index is 11.2. The Bertz CT molecular complexity index is 1650. The van der Waals surface area contributed by atoms with E-state index in [9.17, 15) is 25.9 Å². The van der Waals surface area contributed by atoms with Crippen LogP contribution >= 0.6 is 23.1 Å². The van der Waals surface area contributed by atoms with E-state index in [2.05, 4.69) is 25.7 Å². The summed E-state index contributed by atoms with van der Waals surface area (Å²) in [7, 11) is -5.58. The molecule has 2 aromatic carbocycles. The highest BCUT2D eigenvalue weighted by Gasteiger charge is 2.28. The van der Waals surface area contributed by atoms with Crippen LogP contribution in [-0.2, 0) is 26.8 Å². The van der Waals surface area contributed by atoms with Gasteiger partial charge in [-0.25, -0.2) is 16.8 Å². The van der Waals surface area contributed by atoms with Crippen molar-refractivity contribution in [2.45, 2.75) is 45.1 Å². The van der Waals surface area contributed by atoms with Gasteiger partial charge in [0.05, 0.1) is 57.3 Å². The van der Waals surface area contributed by atoms with Crippen LogP contribution in [0.4, 0.5) is 5.69 Å². The molecule has 0 saturated carbocycles. The third-order valence-corrected chi connectivity index (χ3v) is 10.8. The predicted molar refractivity (Wildman–Crippen MR) is 175 cm³/mol. The lowest BCUT2D eigenvalue weighted by Crippen LogP contribution is -2.36. The summed E-state index contributed by atoms with van der Waals surface area (Å²) in [5.41, 5.74) is 1.68. The molecule has 0 atom stereocenters. The summed E-state index contributed by atoms with van der Waals surface area (Å²) in [6.45, 7) is 10.7. The quantitative estimate of drug-likeness (QED) is 0.177. The van der Waals surface area contributed by atoms with E-state index in [4.69, 9.17) is 9.47 Å². The molecule has 0 unspecified atom stereocenters. The monoisotopic (exact) mass is 686 g/mol. The highest BCUT2D eigenvalue weighted by atomic mass is 32.2. The summed E-state index contributed by atoms with van der Waals surface area (Å²) in [4.78, 5) is 5.27. The molecule has 0 bridgehead atoms. The van der Waals surface area contributed by atoms with E-state index in [0.29, 0.717) is 24.6 Å². The molecule has 1 aromatic heterocycles. The molecule has 0 radical (unpaired) electrons. The lowest BCUT2D eigenvalue weighted by molar-refractivity contribution is -0.668. The van der Waals surface area contributed by atoms with Gasteiger partial charge < -0.3 is 28.4 Å². The minimum Gasteiger partial charge on any atom is -0.748 e. The Morgan fingerprint density at radius 1 is 0.886 bits per heavy atom. The molecule has 11 nitrogen and oxygen atoms in total. The summed E-state index contributed by atoms with van der Waals surface area (Å²) in [5.74, 6) is 0.329.